The Hall–Kier alpha value is -2.63. The molecule has 1 aromatic heterocycles. The molecule has 1 heterocycles. The molecular formula is C16H18N2O4. The highest BCUT2D eigenvalue weighted by Gasteiger charge is 2.07. The van der Waals surface area contributed by atoms with E-state index in [-0.39, 0.29) is 11.9 Å². The van der Waals surface area contributed by atoms with E-state index >= 15 is 0 Å². The van der Waals surface area contributed by atoms with Gasteiger partial charge in [-0.15, -0.1) is 0 Å². The molecule has 0 aliphatic heterocycles. The summed E-state index contributed by atoms with van der Waals surface area (Å²) in [6.07, 6.45) is 1.32. The number of esters is 2. The third-order valence-corrected chi connectivity index (χ3v) is 2.90. The number of fused-ring (bicyclic) bond motifs is 1. The van der Waals surface area contributed by atoms with Crippen molar-refractivity contribution in [2.45, 2.75) is 26.7 Å². The molecule has 0 aliphatic rings. The molecule has 2 aromatic rings. The van der Waals surface area contributed by atoms with Crippen molar-refractivity contribution >= 4 is 23.0 Å². The van der Waals surface area contributed by atoms with E-state index in [1.54, 1.807) is 25.1 Å². The Bertz CT molecular complexity index is 718. The molecule has 0 spiro atoms. The quantitative estimate of drug-likeness (QED) is 0.384. The van der Waals surface area contributed by atoms with E-state index in [1.807, 2.05) is 0 Å². The van der Waals surface area contributed by atoms with Crippen LogP contribution in [0.2, 0.25) is 0 Å². The molecule has 0 aliphatic carbocycles. The van der Waals surface area contributed by atoms with Crippen molar-refractivity contribution in [3.63, 3.8) is 0 Å². The molecule has 1 aromatic carbocycles. The topological polar surface area (TPSA) is 81.3 Å². The summed E-state index contributed by atoms with van der Waals surface area (Å²) < 4.78 is 10.1. The molecule has 1 N–H and O–H groups in total. The van der Waals surface area contributed by atoms with Gasteiger partial charge in [0.05, 0.1) is 17.6 Å². The average molecular weight is 302 g/mol. The predicted octanol–water partition coefficient (Wildman–Crippen LogP) is 2.54. The second-order valence-electron chi connectivity index (χ2n) is 4.98. The van der Waals surface area contributed by atoms with Gasteiger partial charge in [-0.3, -0.25) is 4.79 Å². The maximum absolute atomic E-state index is 11.2. The van der Waals surface area contributed by atoms with Gasteiger partial charge < -0.3 is 14.5 Å². The molecule has 0 amide bonds. The molecule has 0 fully saturated rings. The molecule has 0 saturated carbocycles. The number of imidazole rings is 1. The van der Waals surface area contributed by atoms with E-state index < -0.39 is 0 Å². The zero-order chi connectivity index (χ0) is 16.1. The number of rotatable bonds is 6. The molecule has 2 rings (SSSR count). The Labute approximate surface area is 128 Å². The SMILES string of the molecule is C=C(C)C(=O)OCCCc1nc2ccc(OC(C)=O)cc2[nH]1. The number of benzene rings is 1. The fourth-order valence-corrected chi connectivity index (χ4v) is 1.92. The van der Waals surface area contributed by atoms with Crippen LogP contribution in [0, 0.1) is 0 Å². The highest BCUT2D eigenvalue weighted by atomic mass is 16.5. The standard InChI is InChI=1S/C16H18N2O4/c1-10(2)16(20)21-8-4-5-15-17-13-7-6-12(22-11(3)19)9-14(13)18-15/h6-7,9H,1,4-5,8H2,2-3H3,(H,17,18). The second-order valence-corrected chi connectivity index (χ2v) is 4.98. The lowest BCUT2D eigenvalue weighted by atomic mass is 10.3. The van der Waals surface area contributed by atoms with Crippen molar-refractivity contribution in [2.75, 3.05) is 6.61 Å². The zero-order valence-electron chi connectivity index (χ0n) is 12.6. The summed E-state index contributed by atoms with van der Waals surface area (Å²) in [5.41, 5.74) is 1.99. The lowest BCUT2D eigenvalue weighted by Gasteiger charge is -2.02. The van der Waals surface area contributed by atoms with E-state index in [0.717, 1.165) is 16.9 Å². The summed E-state index contributed by atoms with van der Waals surface area (Å²) >= 11 is 0. The molecule has 6 heteroatoms. The first-order chi connectivity index (χ1) is 10.5. The maximum Gasteiger partial charge on any atom is 0.333 e. The van der Waals surface area contributed by atoms with Crippen LogP contribution < -0.4 is 4.74 Å². The van der Waals surface area contributed by atoms with E-state index in [0.29, 0.717) is 30.8 Å². The number of aryl methyl sites for hydroxylation is 1. The van der Waals surface area contributed by atoms with Crippen LogP contribution in [0.25, 0.3) is 11.0 Å². The number of hydrogen-bond donors (Lipinski definition) is 1. The van der Waals surface area contributed by atoms with Crippen LogP contribution in [0.15, 0.2) is 30.4 Å². The van der Waals surface area contributed by atoms with Crippen molar-refractivity contribution in [1.82, 2.24) is 9.97 Å². The maximum atomic E-state index is 11.2. The fraction of sp³-hybridized carbons (Fsp3) is 0.312. The normalized spacial score (nSPS) is 10.5. The Kier molecular flexibility index (Phi) is 4.93. The minimum Gasteiger partial charge on any atom is -0.462 e. The summed E-state index contributed by atoms with van der Waals surface area (Å²) in [7, 11) is 0. The summed E-state index contributed by atoms with van der Waals surface area (Å²) in [4.78, 5) is 29.8. The van der Waals surface area contributed by atoms with Gasteiger partial charge in [0.1, 0.15) is 11.6 Å². The zero-order valence-corrected chi connectivity index (χ0v) is 12.6. The third kappa shape index (κ3) is 4.18. The van der Waals surface area contributed by atoms with Crippen molar-refractivity contribution in [2.24, 2.45) is 0 Å². The first-order valence-electron chi connectivity index (χ1n) is 6.95. The monoisotopic (exact) mass is 302 g/mol. The molecule has 0 bridgehead atoms. The van der Waals surface area contributed by atoms with Crippen molar-refractivity contribution in [3.05, 3.63) is 36.2 Å². The van der Waals surface area contributed by atoms with Crippen LogP contribution in [-0.4, -0.2) is 28.5 Å². The van der Waals surface area contributed by atoms with Gasteiger partial charge in [-0.2, -0.15) is 0 Å². The van der Waals surface area contributed by atoms with Crippen LogP contribution >= 0.6 is 0 Å². The Morgan fingerprint density at radius 2 is 2.09 bits per heavy atom. The smallest absolute Gasteiger partial charge is 0.333 e. The van der Waals surface area contributed by atoms with Gasteiger partial charge in [0.15, 0.2) is 0 Å². The van der Waals surface area contributed by atoms with E-state index in [4.69, 9.17) is 9.47 Å². The number of aromatic amines is 1. The van der Waals surface area contributed by atoms with Gasteiger partial charge in [-0.25, -0.2) is 9.78 Å². The minimum atomic E-state index is -0.379. The van der Waals surface area contributed by atoms with Gasteiger partial charge in [0, 0.05) is 25.0 Å². The van der Waals surface area contributed by atoms with E-state index in [1.165, 1.54) is 6.92 Å². The van der Waals surface area contributed by atoms with Gasteiger partial charge >= 0.3 is 11.9 Å². The third-order valence-electron chi connectivity index (χ3n) is 2.90. The molecule has 0 saturated heterocycles. The number of aromatic nitrogens is 2. The average Bonchev–Trinajstić information content (AvgIpc) is 2.84. The number of nitrogens with zero attached hydrogens (tertiary/aromatic N) is 1. The van der Waals surface area contributed by atoms with Gasteiger partial charge in [-0.05, 0) is 25.5 Å². The number of H-pyrrole nitrogens is 1. The first-order valence-corrected chi connectivity index (χ1v) is 6.95. The molecule has 22 heavy (non-hydrogen) atoms. The van der Waals surface area contributed by atoms with Gasteiger partial charge in [0.25, 0.3) is 0 Å². The Balaban J connectivity index is 1.93. The predicted molar refractivity (Wildman–Crippen MR) is 81.5 cm³/mol. The number of carbonyl (C=O) groups excluding carboxylic acids is 2. The fourth-order valence-electron chi connectivity index (χ4n) is 1.92. The van der Waals surface area contributed by atoms with Crippen LogP contribution in [0.4, 0.5) is 0 Å². The minimum absolute atomic E-state index is 0.321. The summed E-state index contributed by atoms with van der Waals surface area (Å²) in [6.45, 7) is 6.81. The molecule has 116 valence electrons. The van der Waals surface area contributed by atoms with Crippen LogP contribution in [0.1, 0.15) is 26.1 Å². The second kappa shape index (κ2) is 6.89. The van der Waals surface area contributed by atoms with Crippen LogP contribution in [0.3, 0.4) is 0 Å². The largest absolute Gasteiger partial charge is 0.462 e. The van der Waals surface area contributed by atoms with Crippen LogP contribution in [0.5, 0.6) is 5.75 Å². The van der Waals surface area contributed by atoms with Gasteiger partial charge in [-0.1, -0.05) is 6.58 Å². The number of carbonyl (C=O) groups is 2. The van der Waals surface area contributed by atoms with Crippen molar-refractivity contribution in [1.29, 1.82) is 0 Å². The van der Waals surface area contributed by atoms with Crippen molar-refractivity contribution in [3.8, 4) is 5.75 Å². The summed E-state index contributed by atoms with van der Waals surface area (Å²) in [6, 6.07) is 5.21. The number of ether oxygens (including phenoxy) is 2. The summed E-state index contributed by atoms with van der Waals surface area (Å²) in [5, 5.41) is 0. The Morgan fingerprint density at radius 3 is 2.77 bits per heavy atom. The van der Waals surface area contributed by atoms with Gasteiger partial charge in [0.2, 0.25) is 0 Å². The summed E-state index contributed by atoms with van der Waals surface area (Å²) in [5.74, 6) is 0.529. The first kappa shape index (κ1) is 15.8. The molecule has 0 atom stereocenters. The molecule has 6 nitrogen and oxygen atoms in total. The number of nitrogens with one attached hydrogen (secondary N) is 1. The lowest BCUT2D eigenvalue weighted by molar-refractivity contribution is -0.139. The molecule has 0 radical (unpaired) electrons. The van der Waals surface area contributed by atoms with Crippen molar-refractivity contribution < 1.29 is 19.1 Å². The highest BCUT2D eigenvalue weighted by Crippen LogP contribution is 2.19. The van der Waals surface area contributed by atoms with E-state index in [9.17, 15) is 9.59 Å². The molecule has 0 unspecified atom stereocenters. The van der Waals surface area contributed by atoms with E-state index in [2.05, 4.69) is 16.5 Å². The van der Waals surface area contributed by atoms with Crippen LogP contribution in [-0.2, 0) is 20.7 Å². The number of hydrogen-bond acceptors (Lipinski definition) is 5. The highest BCUT2D eigenvalue weighted by molar-refractivity contribution is 5.86. The Morgan fingerprint density at radius 1 is 1.32 bits per heavy atom. The lowest BCUT2D eigenvalue weighted by Crippen LogP contribution is -2.07. The molecular weight excluding hydrogens is 284 g/mol.